The number of terminal acetylenes is 1. The van der Waals surface area contributed by atoms with Crippen LogP contribution in [0.3, 0.4) is 0 Å². The highest BCUT2D eigenvalue weighted by atomic mass is 19.2. The van der Waals surface area contributed by atoms with Gasteiger partial charge in [-0.25, -0.2) is 8.78 Å². The molecule has 27 heavy (non-hydrogen) atoms. The number of Topliss-reactive ketones (excluding diaryl/α,β-unsaturated/α-hetero) is 1. The van der Waals surface area contributed by atoms with Gasteiger partial charge in [-0.05, 0) is 31.5 Å². The average Bonchev–Trinajstić information content (AvgIpc) is 2.83. The Kier molecular flexibility index (Phi) is 5.45. The topological polar surface area (TPSA) is 85.4 Å². The van der Waals surface area contributed by atoms with Crippen LogP contribution in [0.4, 0.5) is 14.5 Å². The van der Waals surface area contributed by atoms with Gasteiger partial charge in [-0.2, -0.15) is 0 Å². The molecule has 1 aromatic carbocycles. The number of primary amides is 1. The van der Waals surface area contributed by atoms with E-state index in [1.165, 1.54) is 18.5 Å². The Bertz CT molecular complexity index is 1000. The van der Waals surface area contributed by atoms with E-state index in [1.807, 2.05) is 0 Å². The molecule has 1 heterocycles. The SMILES string of the molecule is C#CCN(C(=O)C(=O)c1c(C)c(C(N)=O)n(C)c1C)c1ccc(F)c(F)c1. The molecule has 0 fully saturated rings. The molecule has 0 unspecified atom stereocenters. The molecule has 0 bridgehead atoms. The van der Waals surface area contributed by atoms with Crippen molar-refractivity contribution in [1.29, 1.82) is 0 Å². The van der Waals surface area contributed by atoms with E-state index < -0.39 is 29.2 Å². The maximum absolute atomic E-state index is 13.5. The van der Waals surface area contributed by atoms with Crippen molar-refractivity contribution in [2.45, 2.75) is 13.8 Å². The fourth-order valence-corrected chi connectivity index (χ4v) is 2.92. The lowest BCUT2D eigenvalue weighted by molar-refractivity contribution is -0.114. The van der Waals surface area contributed by atoms with E-state index in [9.17, 15) is 23.2 Å². The summed E-state index contributed by atoms with van der Waals surface area (Å²) < 4.78 is 28.1. The van der Waals surface area contributed by atoms with Crippen LogP contribution in [0.2, 0.25) is 0 Å². The Morgan fingerprint density at radius 2 is 1.85 bits per heavy atom. The number of ketones is 1. The average molecular weight is 373 g/mol. The third-order valence-electron chi connectivity index (χ3n) is 4.29. The Balaban J connectivity index is 2.53. The lowest BCUT2D eigenvalue weighted by Gasteiger charge is -2.20. The maximum atomic E-state index is 13.5. The van der Waals surface area contributed by atoms with Gasteiger partial charge in [-0.3, -0.25) is 19.3 Å². The summed E-state index contributed by atoms with van der Waals surface area (Å²) in [5, 5.41) is 0. The minimum Gasteiger partial charge on any atom is -0.364 e. The van der Waals surface area contributed by atoms with E-state index in [1.54, 1.807) is 6.92 Å². The molecular formula is C19H17F2N3O3. The number of carbonyl (C=O) groups excluding carboxylic acids is 3. The summed E-state index contributed by atoms with van der Waals surface area (Å²) in [6.07, 6.45) is 5.25. The first-order valence-corrected chi connectivity index (χ1v) is 7.82. The van der Waals surface area contributed by atoms with Crippen LogP contribution in [0.5, 0.6) is 0 Å². The predicted molar refractivity (Wildman–Crippen MR) is 95.3 cm³/mol. The summed E-state index contributed by atoms with van der Waals surface area (Å²) in [6, 6.07) is 2.74. The smallest absolute Gasteiger partial charge is 0.300 e. The van der Waals surface area contributed by atoms with Crippen molar-refractivity contribution in [2.75, 3.05) is 11.4 Å². The molecule has 2 N–H and O–H groups in total. The van der Waals surface area contributed by atoms with Gasteiger partial charge in [-0.15, -0.1) is 6.42 Å². The molecule has 2 amide bonds. The van der Waals surface area contributed by atoms with Crippen LogP contribution >= 0.6 is 0 Å². The monoisotopic (exact) mass is 373 g/mol. The molecule has 0 aliphatic rings. The van der Waals surface area contributed by atoms with Gasteiger partial charge in [0.15, 0.2) is 11.6 Å². The number of hydrogen-bond donors (Lipinski definition) is 1. The van der Waals surface area contributed by atoms with E-state index in [0.29, 0.717) is 5.69 Å². The van der Waals surface area contributed by atoms with Gasteiger partial charge in [0.1, 0.15) is 5.69 Å². The maximum Gasteiger partial charge on any atom is 0.300 e. The van der Waals surface area contributed by atoms with Crippen LogP contribution in [0.1, 0.15) is 32.1 Å². The first-order chi connectivity index (χ1) is 12.6. The first-order valence-electron chi connectivity index (χ1n) is 7.82. The molecule has 6 nitrogen and oxygen atoms in total. The van der Waals surface area contributed by atoms with Crippen LogP contribution in [0.15, 0.2) is 18.2 Å². The van der Waals surface area contributed by atoms with E-state index in [-0.39, 0.29) is 29.1 Å². The van der Waals surface area contributed by atoms with Gasteiger partial charge in [0.05, 0.1) is 12.1 Å². The molecule has 8 heteroatoms. The second kappa shape index (κ2) is 7.41. The highest BCUT2D eigenvalue weighted by molar-refractivity contribution is 6.47. The molecule has 0 spiro atoms. The molecule has 0 saturated carbocycles. The Labute approximate surface area is 154 Å². The number of aromatic nitrogens is 1. The van der Waals surface area contributed by atoms with E-state index in [0.717, 1.165) is 23.1 Å². The lowest BCUT2D eigenvalue weighted by atomic mass is 10.0. The zero-order valence-corrected chi connectivity index (χ0v) is 15.0. The second-order valence-corrected chi connectivity index (χ2v) is 5.88. The first kappa shape index (κ1) is 19.8. The summed E-state index contributed by atoms with van der Waals surface area (Å²) in [4.78, 5) is 38.1. The van der Waals surface area contributed by atoms with Gasteiger partial charge >= 0.3 is 0 Å². The fourth-order valence-electron chi connectivity index (χ4n) is 2.92. The number of anilines is 1. The summed E-state index contributed by atoms with van der Waals surface area (Å²) in [5.74, 6) is -2.79. The Morgan fingerprint density at radius 1 is 1.22 bits per heavy atom. The molecule has 1 aromatic heterocycles. The van der Waals surface area contributed by atoms with Crippen molar-refractivity contribution < 1.29 is 23.2 Å². The molecule has 0 saturated heterocycles. The van der Waals surface area contributed by atoms with E-state index in [2.05, 4.69) is 5.92 Å². The molecule has 0 aliphatic heterocycles. The molecule has 0 atom stereocenters. The summed E-state index contributed by atoms with van der Waals surface area (Å²) >= 11 is 0. The number of carbonyl (C=O) groups is 3. The van der Waals surface area contributed by atoms with Gasteiger partial charge in [0.25, 0.3) is 17.6 Å². The highest BCUT2D eigenvalue weighted by Crippen LogP contribution is 2.24. The van der Waals surface area contributed by atoms with Crippen LogP contribution in [0.25, 0.3) is 0 Å². The number of benzene rings is 1. The van der Waals surface area contributed by atoms with Crippen molar-refractivity contribution in [3.8, 4) is 12.3 Å². The molecule has 2 rings (SSSR count). The standard InChI is InChI=1S/C19H17F2N3O3/c1-5-8-24(12-6-7-13(20)14(21)9-12)19(27)17(25)15-10(2)16(18(22)26)23(4)11(15)3/h1,6-7,9H,8H2,2-4H3,(H2,22,26). The van der Waals surface area contributed by atoms with Gasteiger partial charge in [0, 0.05) is 24.5 Å². The van der Waals surface area contributed by atoms with Crippen LogP contribution in [-0.2, 0) is 11.8 Å². The molecule has 0 aliphatic carbocycles. The van der Waals surface area contributed by atoms with E-state index in [4.69, 9.17) is 12.2 Å². The Hall–Kier alpha value is -3.47. The molecule has 2 aromatic rings. The number of amides is 2. The van der Waals surface area contributed by atoms with Crippen molar-refractivity contribution in [3.63, 3.8) is 0 Å². The number of halogens is 2. The number of hydrogen-bond acceptors (Lipinski definition) is 3. The molecule has 140 valence electrons. The van der Waals surface area contributed by atoms with Crippen molar-refractivity contribution in [1.82, 2.24) is 4.57 Å². The highest BCUT2D eigenvalue weighted by Gasteiger charge is 2.31. The van der Waals surface area contributed by atoms with Gasteiger partial charge in [0.2, 0.25) is 0 Å². The largest absolute Gasteiger partial charge is 0.364 e. The van der Waals surface area contributed by atoms with Crippen molar-refractivity contribution >= 4 is 23.3 Å². The molecular weight excluding hydrogens is 356 g/mol. The fraction of sp³-hybridized carbons (Fsp3) is 0.211. The number of rotatable bonds is 5. The number of nitrogens with two attached hydrogens (primary N) is 1. The Morgan fingerprint density at radius 3 is 2.33 bits per heavy atom. The van der Waals surface area contributed by atoms with Crippen LogP contribution in [-0.4, -0.2) is 28.7 Å². The summed E-state index contributed by atoms with van der Waals surface area (Å²) in [6.45, 7) is 2.73. The summed E-state index contributed by atoms with van der Waals surface area (Å²) in [7, 11) is 1.54. The lowest BCUT2D eigenvalue weighted by Crippen LogP contribution is -2.37. The third kappa shape index (κ3) is 3.44. The minimum atomic E-state index is -1.18. The normalized spacial score (nSPS) is 10.4. The molecule has 0 radical (unpaired) electrons. The van der Waals surface area contributed by atoms with Gasteiger partial charge < -0.3 is 10.3 Å². The van der Waals surface area contributed by atoms with Crippen molar-refractivity contribution in [3.05, 3.63) is 52.3 Å². The van der Waals surface area contributed by atoms with Crippen molar-refractivity contribution in [2.24, 2.45) is 12.8 Å². The zero-order chi connectivity index (χ0) is 20.5. The van der Waals surface area contributed by atoms with Crippen LogP contribution in [0, 0.1) is 37.8 Å². The quantitative estimate of drug-likeness (QED) is 0.493. The third-order valence-corrected chi connectivity index (χ3v) is 4.29. The summed E-state index contributed by atoms with van der Waals surface area (Å²) in [5.41, 5.74) is 6.00. The van der Waals surface area contributed by atoms with Gasteiger partial charge in [-0.1, -0.05) is 5.92 Å². The predicted octanol–water partition coefficient (Wildman–Crippen LogP) is 1.87. The minimum absolute atomic E-state index is 0.0147. The second-order valence-electron chi connectivity index (χ2n) is 5.88. The number of nitrogens with zero attached hydrogens (tertiary/aromatic N) is 2. The van der Waals surface area contributed by atoms with E-state index >= 15 is 0 Å². The van der Waals surface area contributed by atoms with Crippen LogP contribution < -0.4 is 10.6 Å². The zero-order valence-electron chi connectivity index (χ0n) is 15.0.